The Balaban J connectivity index is 1.45. The van der Waals surface area contributed by atoms with E-state index in [2.05, 4.69) is 6.92 Å². The Morgan fingerprint density at radius 3 is 2.37 bits per heavy atom. The largest absolute Gasteiger partial charge is 0.467 e. The van der Waals surface area contributed by atoms with Crippen LogP contribution >= 0.6 is 0 Å². The number of fused-ring (bicyclic) bond motifs is 1. The molecule has 0 saturated heterocycles. The van der Waals surface area contributed by atoms with Gasteiger partial charge in [0.15, 0.2) is 11.5 Å². The average molecular weight is 414 g/mol. The summed E-state index contributed by atoms with van der Waals surface area (Å²) < 4.78 is 16.3. The number of furan rings is 1. The van der Waals surface area contributed by atoms with Crippen molar-refractivity contribution in [1.82, 2.24) is 4.90 Å². The van der Waals surface area contributed by atoms with Crippen LogP contribution in [0.2, 0.25) is 0 Å². The minimum atomic E-state index is 0.173. The molecule has 1 aliphatic heterocycles. The molecule has 0 aliphatic carbocycles. The highest BCUT2D eigenvalue weighted by atomic mass is 16.7. The topological polar surface area (TPSA) is 51.9 Å². The number of amides is 1. The molecule has 1 aromatic carbocycles. The van der Waals surface area contributed by atoms with Crippen LogP contribution in [-0.2, 0) is 17.9 Å². The summed E-state index contributed by atoms with van der Waals surface area (Å²) in [6.07, 6.45) is 13.5. The van der Waals surface area contributed by atoms with Gasteiger partial charge in [0.1, 0.15) is 5.76 Å². The molecule has 2 heterocycles. The van der Waals surface area contributed by atoms with Gasteiger partial charge in [-0.3, -0.25) is 4.79 Å². The fourth-order valence-corrected chi connectivity index (χ4v) is 3.83. The number of nitrogens with zero attached hydrogens (tertiary/aromatic N) is 1. The third kappa shape index (κ3) is 7.12. The molecular weight excluding hydrogens is 378 g/mol. The molecule has 0 saturated carbocycles. The van der Waals surface area contributed by atoms with Gasteiger partial charge in [-0.25, -0.2) is 0 Å². The van der Waals surface area contributed by atoms with Crippen molar-refractivity contribution >= 4 is 5.91 Å². The Kier molecular flexibility index (Phi) is 9.13. The third-order valence-corrected chi connectivity index (χ3v) is 5.58. The Bertz CT molecular complexity index is 757. The van der Waals surface area contributed by atoms with Gasteiger partial charge in [0.2, 0.25) is 12.7 Å². The lowest BCUT2D eigenvalue weighted by Gasteiger charge is -2.22. The van der Waals surface area contributed by atoms with Crippen molar-refractivity contribution in [2.75, 3.05) is 6.79 Å². The number of carbonyl (C=O) groups is 1. The monoisotopic (exact) mass is 413 g/mol. The van der Waals surface area contributed by atoms with E-state index in [4.69, 9.17) is 13.9 Å². The number of ether oxygens (including phenoxy) is 2. The van der Waals surface area contributed by atoms with Crippen LogP contribution in [0.5, 0.6) is 11.5 Å². The summed E-state index contributed by atoms with van der Waals surface area (Å²) in [7, 11) is 0. The first-order valence-electron chi connectivity index (χ1n) is 11.4. The summed E-state index contributed by atoms with van der Waals surface area (Å²) in [6.45, 7) is 3.52. The highest BCUT2D eigenvalue weighted by molar-refractivity contribution is 5.76. The minimum Gasteiger partial charge on any atom is -0.467 e. The van der Waals surface area contributed by atoms with E-state index < -0.39 is 0 Å². The lowest BCUT2D eigenvalue weighted by atomic mass is 10.1. The van der Waals surface area contributed by atoms with Crippen molar-refractivity contribution in [2.45, 2.75) is 84.2 Å². The van der Waals surface area contributed by atoms with Crippen molar-refractivity contribution in [1.29, 1.82) is 0 Å². The van der Waals surface area contributed by atoms with E-state index in [1.807, 2.05) is 35.2 Å². The second-order valence-electron chi connectivity index (χ2n) is 8.10. The molecule has 30 heavy (non-hydrogen) atoms. The lowest BCUT2D eigenvalue weighted by Crippen LogP contribution is -2.29. The first kappa shape index (κ1) is 22.3. The Morgan fingerprint density at radius 1 is 0.900 bits per heavy atom. The van der Waals surface area contributed by atoms with Crippen LogP contribution in [0.3, 0.4) is 0 Å². The van der Waals surface area contributed by atoms with E-state index >= 15 is 0 Å². The maximum atomic E-state index is 12.9. The van der Waals surface area contributed by atoms with Crippen LogP contribution in [0.4, 0.5) is 0 Å². The van der Waals surface area contributed by atoms with Crippen LogP contribution in [0, 0.1) is 0 Å². The van der Waals surface area contributed by atoms with Crippen molar-refractivity contribution in [2.24, 2.45) is 0 Å². The summed E-state index contributed by atoms with van der Waals surface area (Å²) in [4.78, 5) is 14.8. The molecule has 164 valence electrons. The maximum Gasteiger partial charge on any atom is 0.231 e. The molecular formula is C25H35NO4. The highest BCUT2D eigenvalue weighted by Gasteiger charge is 2.18. The summed E-state index contributed by atoms with van der Waals surface area (Å²) >= 11 is 0. The summed E-state index contributed by atoms with van der Waals surface area (Å²) in [5.41, 5.74) is 1.03. The molecule has 0 N–H and O–H groups in total. The molecule has 2 aromatic rings. The smallest absolute Gasteiger partial charge is 0.231 e. The highest BCUT2D eigenvalue weighted by Crippen LogP contribution is 2.33. The number of benzene rings is 1. The molecule has 5 nitrogen and oxygen atoms in total. The Morgan fingerprint density at radius 2 is 1.63 bits per heavy atom. The molecule has 1 amide bonds. The van der Waals surface area contributed by atoms with E-state index in [-0.39, 0.29) is 12.7 Å². The molecule has 3 rings (SSSR count). The van der Waals surface area contributed by atoms with Gasteiger partial charge >= 0.3 is 0 Å². The zero-order chi connectivity index (χ0) is 21.0. The van der Waals surface area contributed by atoms with Gasteiger partial charge < -0.3 is 18.8 Å². The van der Waals surface area contributed by atoms with Crippen LogP contribution in [-0.4, -0.2) is 17.6 Å². The van der Waals surface area contributed by atoms with Crippen LogP contribution in [0.15, 0.2) is 41.0 Å². The van der Waals surface area contributed by atoms with Gasteiger partial charge in [-0.1, -0.05) is 64.4 Å². The molecule has 0 spiro atoms. The average Bonchev–Trinajstić information content (AvgIpc) is 3.43. The molecule has 0 bridgehead atoms. The second-order valence-corrected chi connectivity index (χ2v) is 8.10. The minimum absolute atomic E-state index is 0.173. The SMILES string of the molecule is CCCCCCCCCCCC(=O)N(Cc1ccc2c(c1)OCO2)Cc1ccco1. The first-order valence-corrected chi connectivity index (χ1v) is 11.4. The summed E-state index contributed by atoms with van der Waals surface area (Å²) in [5.74, 6) is 2.48. The molecule has 1 aromatic heterocycles. The number of hydrogen-bond donors (Lipinski definition) is 0. The van der Waals surface area contributed by atoms with Crippen molar-refractivity contribution < 1.29 is 18.7 Å². The molecule has 0 unspecified atom stereocenters. The van der Waals surface area contributed by atoms with Gasteiger partial charge in [-0.05, 0) is 36.2 Å². The molecule has 5 heteroatoms. The normalized spacial score (nSPS) is 12.3. The molecule has 1 aliphatic rings. The van der Waals surface area contributed by atoms with Crippen molar-refractivity contribution in [3.63, 3.8) is 0 Å². The lowest BCUT2D eigenvalue weighted by molar-refractivity contribution is -0.132. The van der Waals surface area contributed by atoms with Crippen LogP contribution in [0.1, 0.15) is 82.5 Å². The van der Waals surface area contributed by atoms with E-state index in [0.29, 0.717) is 19.5 Å². The predicted molar refractivity (Wildman–Crippen MR) is 117 cm³/mol. The van der Waals surface area contributed by atoms with Gasteiger partial charge in [0.05, 0.1) is 12.8 Å². The molecule has 0 atom stereocenters. The summed E-state index contributed by atoms with van der Waals surface area (Å²) in [6, 6.07) is 9.64. The van der Waals surface area contributed by atoms with E-state index in [9.17, 15) is 4.79 Å². The fraction of sp³-hybridized carbons (Fsp3) is 0.560. The van der Waals surface area contributed by atoms with Gasteiger partial charge in [-0.15, -0.1) is 0 Å². The number of unbranched alkanes of at least 4 members (excludes halogenated alkanes) is 8. The number of carbonyl (C=O) groups excluding carboxylic acids is 1. The number of hydrogen-bond acceptors (Lipinski definition) is 4. The second kappa shape index (κ2) is 12.3. The third-order valence-electron chi connectivity index (χ3n) is 5.58. The van der Waals surface area contributed by atoms with Crippen LogP contribution in [0.25, 0.3) is 0 Å². The fourth-order valence-electron chi connectivity index (χ4n) is 3.83. The van der Waals surface area contributed by atoms with Gasteiger partial charge in [-0.2, -0.15) is 0 Å². The van der Waals surface area contributed by atoms with Gasteiger partial charge in [0.25, 0.3) is 0 Å². The van der Waals surface area contributed by atoms with E-state index in [1.54, 1.807) is 6.26 Å². The maximum absolute atomic E-state index is 12.9. The standard InChI is InChI=1S/C25H35NO4/c1-2-3-4-5-6-7-8-9-10-13-25(27)26(19-22-12-11-16-28-22)18-21-14-15-23-24(17-21)30-20-29-23/h11-12,14-17H,2-10,13,18-20H2,1H3. The molecule has 0 radical (unpaired) electrons. The Hall–Kier alpha value is -2.43. The zero-order valence-corrected chi connectivity index (χ0v) is 18.2. The first-order chi connectivity index (χ1) is 14.8. The summed E-state index contributed by atoms with van der Waals surface area (Å²) in [5, 5.41) is 0. The molecule has 0 fully saturated rings. The zero-order valence-electron chi connectivity index (χ0n) is 18.2. The van der Waals surface area contributed by atoms with Crippen LogP contribution < -0.4 is 9.47 Å². The Labute approximate surface area is 180 Å². The van der Waals surface area contributed by atoms with Crippen molar-refractivity contribution in [3.8, 4) is 11.5 Å². The van der Waals surface area contributed by atoms with E-state index in [1.165, 1.54) is 44.9 Å². The van der Waals surface area contributed by atoms with Gasteiger partial charge in [0, 0.05) is 13.0 Å². The number of rotatable bonds is 14. The van der Waals surface area contributed by atoms with Crippen molar-refractivity contribution in [3.05, 3.63) is 47.9 Å². The van der Waals surface area contributed by atoms with E-state index in [0.717, 1.165) is 35.7 Å². The quantitative estimate of drug-likeness (QED) is 0.334. The predicted octanol–water partition coefficient (Wildman–Crippen LogP) is 6.46.